The molecule has 0 spiro atoms. The predicted octanol–water partition coefficient (Wildman–Crippen LogP) is 1.10. The second-order valence-electron chi connectivity index (χ2n) is 3.89. The highest BCUT2D eigenvalue weighted by atomic mass is 35.5. The highest BCUT2D eigenvalue weighted by Crippen LogP contribution is 2.11. The SMILES string of the molecule is O=C1CCC(CNCc2cccnc2Cl)N1. The Kier molecular flexibility index (Phi) is 3.74. The lowest BCUT2D eigenvalue weighted by Crippen LogP contribution is -2.35. The molecule has 1 unspecified atom stereocenters. The van der Waals surface area contributed by atoms with Gasteiger partial charge in [-0.15, -0.1) is 0 Å². The molecule has 0 saturated carbocycles. The second kappa shape index (κ2) is 5.27. The summed E-state index contributed by atoms with van der Waals surface area (Å²) in [5.74, 6) is 0.145. The van der Waals surface area contributed by atoms with E-state index in [1.165, 1.54) is 0 Å². The Labute approximate surface area is 99.4 Å². The lowest BCUT2D eigenvalue weighted by atomic mass is 10.2. The van der Waals surface area contributed by atoms with Crippen LogP contribution >= 0.6 is 11.6 Å². The number of carbonyl (C=O) groups is 1. The highest BCUT2D eigenvalue weighted by molar-refractivity contribution is 6.30. The maximum absolute atomic E-state index is 11.0. The Morgan fingerprint density at radius 2 is 2.50 bits per heavy atom. The normalized spacial score (nSPS) is 19.8. The molecule has 4 nitrogen and oxygen atoms in total. The largest absolute Gasteiger partial charge is 0.352 e. The van der Waals surface area contributed by atoms with Crippen LogP contribution in [0, 0.1) is 0 Å². The van der Waals surface area contributed by atoms with Crippen molar-refractivity contribution >= 4 is 17.5 Å². The highest BCUT2D eigenvalue weighted by Gasteiger charge is 2.19. The second-order valence-corrected chi connectivity index (χ2v) is 4.25. The molecule has 0 radical (unpaired) electrons. The van der Waals surface area contributed by atoms with Gasteiger partial charge in [-0.3, -0.25) is 4.79 Å². The summed E-state index contributed by atoms with van der Waals surface area (Å²) in [4.78, 5) is 15.0. The van der Waals surface area contributed by atoms with Crippen LogP contribution in [-0.4, -0.2) is 23.5 Å². The molecule has 1 aliphatic heterocycles. The van der Waals surface area contributed by atoms with E-state index in [1.807, 2.05) is 12.1 Å². The Balaban J connectivity index is 1.76. The van der Waals surface area contributed by atoms with E-state index in [2.05, 4.69) is 15.6 Å². The first-order valence-corrected chi connectivity index (χ1v) is 5.73. The van der Waals surface area contributed by atoms with Crippen LogP contribution in [0.2, 0.25) is 5.15 Å². The van der Waals surface area contributed by atoms with Crippen LogP contribution < -0.4 is 10.6 Å². The molecule has 1 saturated heterocycles. The van der Waals surface area contributed by atoms with Crippen LogP contribution in [0.3, 0.4) is 0 Å². The number of hydrogen-bond donors (Lipinski definition) is 2. The number of nitrogens with one attached hydrogen (secondary N) is 2. The van der Waals surface area contributed by atoms with E-state index < -0.39 is 0 Å². The molecule has 86 valence electrons. The first-order chi connectivity index (χ1) is 7.75. The van der Waals surface area contributed by atoms with Crippen LogP contribution in [-0.2, 0) is 11.3 Å². The molecule has 1 fully saturated rings. The molecule has 2 N–H and O–H groups in total. The van der Waals surface area contributed by atoms with Crippen molar-refractivity contribution in [3.8, 4) is 0 Å². The van der Waals surface area contributed by atoms with Gasteiger partial charge in [-0.2, -0.15) is 0 Å². The monoisotopic (exact) mass is 239 g/mol. The molecule has 0 bridgehead atoms. The number of rotatable bonds is 4. The minimum atomic E-state index is 0.145. The summed E-state index contributed by atoms with van der Waals surface area (Å²) in [6.07, 6.45) is 3.22. The van der Waals surface area contributed by atoms with Gasteiger partial charge in [0.15, 0.2) is 0 Å². The maximum Gasteiger partial charge on any atom is 0.220 e. The summed E-state index contributed by atoms with van der Waals surface area (Å²) < 4.78 is 0. The van der Waals surface area contributed by atoms with Crippen LogP contribution in [0.4, 0.5) is 0 Å². The van der Waals surface area contributed by atoms with Crippen LogP contribution in [0.5, 0.6) is 0 Å². The van der Waals surface area contributed by atoms with Gasteiger partial charge in [0.05, 0.1) is 0 Å². The molecule has 0 aliphatic carbocycles. The minimum Gasteiger partial charge on any atom is -0.352 e. The summed E-state index contributed by atoms with van der Waals surface area (Å²) in [7, 11) is 0. The Hall–Kier alpha value is -1.13. The fraction of sp³-hybridized carbons (Fsp3) is 0.455. The Morgan fingerprint density at radius 3 is 3.19 bits per heavy atom. The number of carbonyl (C=O) groups excluding carboxylic acids is 1. The number of aromatic nitrogens is 1. The lowest BCUT2D eigenvalue weighted by molar-refractivity contribution is -0.119. The van der Waals surface area contributed by atoms with E-state index in [0.717, 1.165) is 18.5 Å². The van der Waals surface area contributed by atoms with Crippen LogP contribution in [0.15, 0.2) is 18.3 Å². The minimum absolute atomic E-state index is 0.145. The van der Waals surface area contributed by atoms with E-state index in [4.69, 9.17) is 11.6 Å². The van der Waals surface area contributed by atoms with Gasteiger partial charge < -0.3 is 10.6 Å². The van der Waals surface area contributed by atoms with Gasteiger partial charge in [-0.25, -0.2) is 4.98 Å². The molecular weight excluding hydrogens is 226 g/mol. The molecule has 5 heteroatoms. The van der Waals surface area contributed by atoms with Crippen molar-refractivity contribution in [1.82, 2.24) is 15.6 Å². The molecule has 2 rings (SSSR count). The van der Waals surface area contributed by atoms with E-state index in [9.17, 15) is 4.79 Å². The van der Waals surface area contributed by atoms with Gasteiger partial charge in [-0.1, -0.05) is 17.7 Å². The van der Waals surface area contributed by atoms with Crippen molar-refractivity contribution in [1.29, 1.82) is 0 Å². The summed E-state index contributed by atoms with van der Waals surface area (Å²) in [6, 6.07) is 4.05. The van der Waals surface area contributed by atoms with Crippen molar-refractivity contribution < 1.29 is 4.79 Å². The molecular formula is C11H14ClN3O. The van der Waals surface area contributed by atoms with Crippen molar-refractivity contribution in [2.24, 2.45) is 0 Å². The first kappa shape index (κ1) is 11.4. The van der Waals surface area contributed by atoms with E-state index in [1.54, 1.807) is 6.20 Å². The quantitative estimate of drug-likeness (QED) is 0.774. The molecule has 1 aromatic rings. The topological polar surface area (TPSA) is 54.0 Å². The third-order valence-electron chi connectivity index (χ3n) is 2.63. The summed E-state index contributed by atoms with van der Waals surface area (Å²) >= 11 is 5.92. The van der Waals surface area contributed by atoms with Crippen LogP contribution in [0.1, 0.15) is 18.4 Å². The molecule has 1 atom stereocenters. The van der Waals surface area contributed by atoms with Crippen molar-refractivity contribution in [3.63, 3.8) is 0 Å². The average Bonchev–Trinajstić information content (AvgIpc) is 2.67. The number of hydrogen-bond acceptors (Lipinski definition) is 3. The van der Waals surface area contributed by atoms with E-state index in [0.29, 0.717) is 18.1 Å². The average molecular weight is 240 g/mol. The van der Waals surface area contributed by atoms with Crippen molar-refractivity contribution in [2.75, 3.05) is 6.54 Å². The molecule has 0 aromatic carbocycles. The Bertz CT molecular complexity index is 383. The predicted molar refractivity (Wildman–Crippen MR) is 62.1 cm³/mol. The molecule has 1 aliphatic rings. The third-order valence-corrected chi connectivity index (χ3v) is 2.97. The summed E-state index contributed by atoms with van der Waals surface area (Å²) in [5, 5.41) is 6.70. The number of halogens is 1. The summed E-state index contributed by atoms with van der Waals surface area (Å²) in [6.45, 7) is 1.45. The number of pyridine rings is 1. The van der Waals surface area contributed by atoms with Crippen molar-refractivity contribution in [3.05, 3.63) is 29.0 Å². The van der Waals surface area contributed by atoms with Gasteiger partial charge in [-0.05, 0) is 12.5 Å². The van der Waals surface area contributed by atoms with Gasteiger partial charge >= 0.3 is 0 Å². The standard InChI is InChI=1S/C11H14ClN3O/c12-11-8(2-1-5-14-11)6-13-7-9-3-4-10(16)15-9/h1-2,5,9,13H,3-4,6-7H2,(H,15,16). The fourth-order valence-electron chi connectivity index (χ4n) is 1.76. The smallest absolute Gasteiger partial charge is 0.220 e. The zero-order chi connectivity index (χ0) is 11.4. The molecule has 16 heavy (non-hydrogen) atoms. The van der Waals surface area contributed by atoms with Gasteiger partial charge in [0.25, 0.3) is 0 Å². The summed E-state index contributed by atoms with van der Waals surface area (Å²) in [5.41, 5.74) is 0.980. The fourth-order valence-corrected chi connectivity index (χ4v) is 1.95. The van der Waals surface area contributed by atoms with Gasteiger partial charge in [0.1, 0.15) is 5.15 Å². The Morgan fingerprint density at radius 1 is 1.62 bits per heavy atom. The molecule has 1 aromatic heterocycles. The zero-order valence-electron chi connectivity index (χ0n) is 8.87. The molecule has 1 amide bonds. The van der Waals surface area contributed by atoms with Crippen LogP contribution in [0.25, 0.3) is 0 Å². The number of nitrogens with zero attached hydrogens (tertiary/aromatic N) is 1. The third kappa shape index (κ3) is 2.93. The maximum atomic E-state index is 11.0. The number of amides is 1. The first-order valence-electron chi connectivity index (χ1n) is 5.35. The van der Waals surface area contributed by atoms with Gasteiger partial charge in [0.2, 0.25) is 5.91 Å². The molecule has 2 heterocycles. The van der Waals surface area contributed by atoms with E-state index in [-0.39, 0.29) is 11.9 Å². The van der Waals surface area contributed by atoms with E-state index >= 15 is 0 Å². The zero-order valence-corrected chi connectivity index (χ0v) is 9.63. The van der Waals surface area contributed by atoms with Gasteiger partial charge in [0, 0.05) is 37.3 Å². The lowest BCUT2D eigenvalue weighted by Gasteiger charge is -2.11. The van der Waals surface area contributed by atoms with Crippen molar-refractivity contribution in [2.45, 2.75) is 25.4 Å².